The summed E-state index contributed by atoms with van der Waals surface area (Å²) in [5.74, 6) is -10.5. The number of nitrogens with one attached hydrogen (secondary N) is 1. The molecule has 9 nitrogen and oxygen atoms in total. The molecule has 1 saturated carbocycles. The number of carbonyl (C=O) groups is 2. The first-order valence-corrected chi connectivity index (χ1v) is 17.1. The SMILES string of the molecule is CC(=O)c1cc(-c2cc3sc(-c4cncnc4)nc3nc2[C@H](Cc2cc(F)cc(F)c2)NC(=O)Cn2nc(C(F)(F)F)c3c2C(F)(F)[C@@H]2C[C@H]32)ccc1F. The van der Waals surface area contributed by atoms with Gasteiger partial charge in [-0.2, -0.15) is 27.1 Å². The van der Waals surface area contributed by atoms with Crippen molar-refractivity contribution in [3.05, 3.63) is 112 Å². The van der Waals surface area contributed by atoms with Gasteiger partial charge in [0.05, 0.1) is 22.0 Å². The van der Waals surface area contributed by atoms with Crippen molar-refractivity contribution in [2.45, 2.75) is 50.4 Å². The molecule has 8 rings (SSSR count). The van der Waals surface area contributed by atoms with E-state index in [0.29, 0.717) is 26.0 Å². The topological polar surface area (TPSA) is 116 Å². The Morgan fingerprint density at radius 1 is 1.00 bits per heavy atom. The van der Waals surface area contributed by atoms with Crippen LogP contribution in [-0.2, 0) is 29.9 Å². The predicted octanol–water partition coefficient (Wildman–Crippen LogP) is 7.96. The van der Waals surface area contributed by atoms with Crippen LogP contribution in [0.5, 0.6) is 0 Å². The number of hydrogen-bond acceptors (Lipinski definition) is 8. The second-order valence-corrected chi connectivity index (χ2v) is 14.1. The first-order chi connectivity index (χ1) is 25.6. The van der Waals surface area contributed by atoms with Gasteiger partial charge in [0.2, 0.25) is 5.91 Å². The van der Waals surface area contributed by atoms with Crippen molar-refractivity contribution < 1.29 is 44.7 Å². The van der Waals surface area contributed by atoms with Crippen LogP contribution in [-0.4, -0.2) is 41.4 Å². The normalized spacial score (nSPS) is 17.6. The Morgan fingerprint density at radius 2 is 1.72 bits per heavy atom. The van der Waals surface area contributed by atoms with Crippen LogP contribution < -0.4 is 5.32 Å². The minimum atomic E-state index is -5.07. The standard InChI is InChI=1S/C36H23F8N7O2S/c1-15(52)21-7-17(2-3-25(21)39)22-10-27-33(49-34(54-27)18-11-45-14-46-12-18)48-30(22)26(6-16-4-19(37)8-20(38)5-16)47-28(53)13-51-32-29(31(50-51)36(42,43)44)23-9-24(23)35(32,40)41/h2-5,7-8,10-12,14,23-24,26H,6,9,13H2,1H3,(H,47,53)/t23-,24+,26-/m0/s1. The lowest BCUT2D eigenvalue weighted by atomic mass is 9.94. The van der Waals surface area contributed by atoms with Gasteiger partial charge in [-0.05, 0) is 67.1 Å². The second-order valence-electron chi connectivity index (χ2n) is 13.1. The number of halogens is 8. The number of nitrogens with zero attached hydrogens (tertiary/aromatic N) is 6. The Bertz CT molecular complexity index is 2480. The van der Waals surface area contributed by atoms with Gasteiger partial charge in [0.25, 0.3) is 5.92 Å². The molecular weight excluding hydrogens is 746 g/mol. The molecule has 1 N–H and O–H groups in total. The van der Waals surface area contributed by atoms with Crippen molar-refractivity contribution in [2.24, 2.45) is 5.92 Å². The third-order valence-electron chi connectivity index (χ3n) is 9.40. The molecular formula is C36H23F8N7O2S. The Kier molecular flexibility index (Phi) is 8.35. The van der Waals surface area contributed by atoms with Crippen LogP contribution in [0.15, 0.2) is 61.2 Å². The number of alkyl halides is 5. The summed E-state index contributed by atoms with van der Waals surface area (Å²) in [5, 5.41) is 6.46. The third-order valence-corrected chi connectivity index (χ3v) is 10.4. The molecule has 0 saturated heterocycles. The third kappa shape index (κ3) is 6.27. The smallest absolute Gasteiger partial charge is 0.346 e. The predicted molar refractivity (Wildman–Crippen MR) is 177 cm³/mol. The zero-order valence-corrected chi connectivity index (χ0v) is 28.4. The molecule has 2 aliphatic carbocycles. The Balaban J connectivity index is 1.26. The molecule has 4 aromatic heterocycles. The van der Waals surface area contributed by atoms with Gasteiger partial charge in [0.1, 0.15) is 41.0 Å². The minimum Gasteiger partial charge on any atom is -0.346 e. The lowest BCUT2D eigenvalue weighted by Crippen LogP contribution is -2.35. The number of ketones is 1. The van der Waals surface area contributed by atoms with Crippen LogP contribution in [0.2, 0.25) is 0 Å². The first kappa shape index (κ1) is 35.4. The molecule has 4 heterocycles. The molecule has 0 unspecified atom stereocenters. The van der Waals surface area contributed by atoms with E-state index in [9.17, 15) is 35.9 Å². The number of amides is 1. The number of pyridine rings is 1. The van der Waals surface area contributed by atoms with E-state index in [1.807, 2.05) is 0 Å². The van der Waals surface area contributed by atoms with Crippen molar-refractivity contribution in [2.75, 3.05) is 0 Å². The van der Waals surface area contributed by atoms with Crippen LogP contribution >= 0.6 is 11.3 Å². The molecule has 18 heteroatoms. The number of carbonyl (C=O) groups excluding carboxylic acids is 2. The Hall–Kier alpha value is -5.65. The minimum absolute atomic E-state index is 0.00367. The van der Waals surface area contributed by atoms with Crippen LogP contribution in [0, 0.1) is 23.4 Å². The van der Waals surface area contributed by atoms with Crippen LogP contribution in [0.25, 0.3) is 32.0 Å². The molecule has 1 amide bonds. The van der Waals surface area contributed by atoms with E-state index in [-0.39, 0.29) is 46.4 Å². The number of benzene rings is 2. The molecule has 6 aromatic rings. The molecule has 0 aliphatic heterocycles. The molecule has 276 valence electrons. The molecule has 2 aromatic carbocycles. The number of thiazole rings is 1. The Labute approximate surface area is 303 Å². The van der Waals surface area contributed by atoms with Crippen molar-refractivity contribution in [3.63, 3.8) is 0 Å². The van der Waals surface area contributed by atoms with E-state index in [1.54, 1.807) is 6.07 Å². The van der Waals surface area contributed by atoms with Crippen LogP contribution in [0.3, 0.4) is 0 Å². The number of Topliss-reactive ketones (excluding diaryl/α,β-unsaturated/α-hetero) is 1. The maximum Gasteiger partial charge on any atom is 0.435 e. The van der Waals surface area contributed by atoms with E-state index in [0.717, 1.165) is 25.1 Å². The van der Waals surface area contributed by atoms with E-state index in [1.165, 1.54) is 42.2 Å². The zero-order chi connectivity index (χ0) is 38.3. The quantitative estimate of drug-likeness (QED) is 0.117. The molecule has 2 aliphatic rings. The molecule has 54 heavy (non-hydrogen) atoms. The van der Waals surface area contributed by atoms with Gasteiger partial charge in [-0.25, -0.2) is 33.1 Å². The lowest BCUT2D eigenvalue weighted by Gasteiger charge is -2.23. The summed E-state index contributed by atoms with van der Waals surface area (Å²) in [5.41, 5.74) is -2.24. The lowest BCUT2D eigenvalue weighted by molar-refractivity contribution is -0.142. The molecule has 0 radical (unpaired) electrons. The number of fused-ring (bicyclic) bond motifs is 4. The monoisotopic (exact) mass is 769 g/mol. The van der Waals surface area contributed by atoms with Crippen molar-refractivity contribution >= 4 is 33.4 Å². The van der Waals surface area contributed by atoms with Gasteiger partial charge in [-0.3, -0.25) is 14.3 Å². The van der Waals surface area contributed by atoms with Gasteiger partial charge in [0, 0.05) is 41.1 Å². The summed E-state index contributed by atoms with van der Waals surface area (Å²) in [4.78, 5) is 43.4. The fourth-order valence-corrected chi connectivity index (χ4v) is 7.94. The fraction of sp³-hybridized carbons (Fsp3) is 0.250. The fourth-order valence-electron chi connectivity index (χ4n) is 7.02. The highest BCUT2D eigenvalue weighted by atomic mass is 32.1. The van der Waals surface area contributed by atoms with Crippen molar-refractivity contribution in [1.82, 2.24) is 35.0 Å². The first-order valence-electron chi connectivity index (χ1n) is 16.3. The molecule has 1 fully saturated rings. The number of aromatic nitrogens is 6. The molecule has 3 atom stereocenters. The highest BCUT2D eigenvalue weighted by molar-refractivity contribution is 7.21. The second kappa shape index (κ2) is 12.7. The van der Waals surface area contributed by atoms with Crippen molar-refractivity contribution in [3.8, 4) is 21.7 Å². The van der Waals surface area contributed by atoms with Crippen molar-refractivity contribution in [1.29, 1.82) is 0 Å². The Morgan fingerprint density at radius 3 is 2.41 bits per heavy atom. The average molecular weight is 770 g/mol. The van der Waals surface area contributed by atoms with Gasteiger partial charge >= 0.3 is 6.18 Å². The van der Waals surface area contributed by atoms with Gasteiger partial charge < -0.3 is 5.32 Å². The maximum atomic E-state index is 15.3. The molecule has 0 bridgehead atoms. The summed E-state index contributed by atoms with van der Waals surface area (Å²) in [6, 6.07) is 6.52. The van der Waals surface area contributed by atoms with E-state index < -0.39 is 82.6 Å². The maximum absolute atomic E-state index is 15.3. The van der Waals surface area contributed by atoms with Gasteiger partial charge in [0.15, 0.2) is 17.1 Å². The summed E-state index contributed by atoms with van der Waals surface area (Å²) >= 11 is 1.18. The zero-order valence-electron chi connectivity index (χ0n) is 27.6. The number of rotatable bonds is 9. The average Bonchev–Trinajstić information content (AvgIpc) is 3.55. The largest absolute Gasteiger partial charge is 0.435 e. The van der Waals surface area contributed by atoms with E-state index in [2.05, 4.69) is 25.4 Å². The highest BCUT2D eigenvalue weighted by Crippen LogP contribution is 2.68. The van der Waals surface area contributed by atoms with E-state index >= 15 is 8.78 Å². The summed E-state index contributed by atoms with van der Waals surface area (Å²) in [6.45, 7) is 0.0889. The number of hydrogen-bond donors (Lipinski definition) is 1. The molecule has 0 spiro atoms. The van der Waals surface area contributed by atoms with Gasteiger partial charge in [-0.15, -0.1) is 11.3 Å². The van der Waals surface area contributed by atoms with Gasteiger partial charge in [-0.1, -0.05) is 6.07 Å². The van der Waals surface area contributed by atoms with Crippen LogP contribution in [0.4, 0.5) is 35.1 Å². The highest BCUT2D eigenvalue weighted by Gasteiger charge is 2.68. The summed E-state index contributed by atoms with van der Waals surface area (Å²) < 4.78 is 117. The van der Waals surface area contributed by atoms with Crippen LogP contribution in [0.1, 0.15) is 63.9 Å². The summed E-state index contributed by atoms with van der Waals surface area (Å²) in [7, 11) is 0. The van der Waals surface area contributed by atoms with E-state index in [4.69, 9.17) is 4.98 Å². The summed E-state index contributed by atoms with van der Waals surface area (Å²) in [6.07, 6.45) is -1.24.